The molecule has 3 heteroatoms. The number of likely N-dealkylation sites (N-methyl/N-ethyl adjacent to an activating group) is 1. The third-order valence-electron chi connectivity index (χ3n) is 2.87. The summed E-state index contributed by atoms with van der Waals surface area (Å²) in [6.45, 7) is 7.53. The first-order chi connectivity index (χ1) is 9.47. The van der Waals surface area contributed by atoms with Gasteiger partial charge in [0.25, 0.3) is 5.91 Å². The van der Waals surface area contributed by atoms with E-state index in [-0.39, 0.29) is 5.91 Å². The molecule has 0 fully saturated rings. The maximum atomic E-state index is 12.5. The van der Waals surface area contributed by atoms with Gasteiger partial charge < -0.3 is 4.90 Å². The molecule has 0 aliphatic heterocycles. The predicted molar refractivity (Wildman–Crippen MR) is 87.2 cm³/mol. The Morgan fingerprint density at radius 3 is 2.40 bits per heavy atom. The Morgan fingerprint density at radius 2 is 1.90 bits per heavy atom. The van der Waals surface area contributed by atoms with Gasteiger partial charge in [0, 0.05) is 23.3 Å². The van der Waals surface area contributed by atoms with Crippen LogP contribution in [-0.4, -0.2) is 13.0 Å². The van der Waals surface area contributed by atoms with Crippen molar-refractivity contribution in [2.75, 3.05) is 11.9 Å². The van der Waals surface area contributed by atoms with Crippen molar-refractivity contribution >= 4 is 23.2 Å². The minimum Gasteiger partial charge on any atom is -0.311 e. The molecule has 0 aromatic heterocycles. The highest BCUT2D eigenvalue weighted by atomic mass is 35.5. The molecule has 0 spiro atoms. The predicted octanol–water partition coefficient (Wildman–Crippen LogP) is 4.77. The first-order valence-electron chi connectivity index (χ1n) is 6.46. The van der Waals surface area contributed by atoms with E-state index in [4.69, 9.17) is 11.6 Å². The van der Waals surface area contributed by atoms with E-state index in [1.807, 2.05) is 38.1 Å². The van der Waals surface area contributed by atoms with E-state index >= 15 is 0 Å². The van der Waals surface area contributed by atoms with Gasteiger partial charge in [0.15, 0.2) is 0 Å². The summed E-state index contributed by atoms with van der Waals surface area (Å²) in [7, 11) is 1.76. The summed E-state index contributed by atoms with van der Waals surface area (Å²) in [5.41, 5.74) is 2.50. The molecule has 0 bridgehead atoms. The van der Waals surface area contributed by atoms with Crippen molar-refractivity contribution in [1.29, 1.82) is 0 Å². The van der Waals surface area contributed by atoms with Crippen LogP contribution in [0.4, 0.5) is 5.69 Å². The van der Waals surface area contributed by atoms with Gasteiger partial charge in [-0.25, -0.2) is 0 Å². The van der Waals surface area contributed by atoms with Gasteiger partial charge in [-0.15, -0.1) is 6.58 Å². The fourth-order valence-corrected chi connectivity index (χ4v) is 1.82. The lowest BCUT2D eigenvalue weighted by molar-refractivity contribution is -0.114. The normalized spacial score (nSPS) is 10.4. The molecule has 0 radical (unpaired) electrons. The van der Waals surface area contributed by atoms with Crippen molar-refractivity contribution < 1.29 is 4.79 Å². The minimum absolute atomic E-state index is 0.0346. The number of hydrogen-bond donors (Lipinski definition) is 0. The molecule has 1 amide bonds. The number of nitrogens with zero attached hydrogens (tertiary/aromatic N) is 1. The monoisotopic (exact) mass is 289 g/mol. The zero-order valence-corrected chi connectivity index (χ0v) is 12.9. The smallest absolute Gasteiger partial charge is 0.257 e. The van der Waals surface area contributed by atoms with Crippen LogP contribution in [0.15, 0.2) is 60.2 Å². The number of amides is 1. The highest BCUT2D eigenvalue weighted by Gasteiger charge is 2.15. The van der Waals surface area contributed by atoms with Crippen LogP contribution in [0.25, 0.3) is 0 Å². The number of carbonyl (C=O) groups excluding carboxylic acids is 1. The lowest BCUT2D eigenvalue weighted by atomic mass is 10.1. The van der Waals surface area contributed by atoms with E-state index in [0.717, 1.165) is 17.7 Å². The highest BCUT2D eigenvalue weighted by molar-refractivity contribution is 6.30. The summed E-state index contributed by atoms with van der Waals surface area (Å²) < 4.78 is 0. The van der Waals surface area contributed by atoms with E-state index in [1.54, 1.807) is 30.2 Å². The van der Waals surface area contributed by atoms with Crippen LogP contribution in [0.5, 0.6) is 0 Å². The molecule has 0 saturated carbocycles. The fourth-order valence-electron chi connectivity index (χ4n) is 1.70. The second kappa shape index (κ2) is 7.71. The molecule has 0 aliphatic rings. The van der Waals surface area contributed by atoms with Gasteiger partial charge in [-0.05, 0) is 44.5 Å². The van der Waals surface area contributed by atoms with Crippen LogP contribution < -0.4 is 4.90 Å². The molecule has 2 nitrogen and oxygen atoms in total. The van der Waals surface area contributed by atoms with E-state index in [9.17, 15) is 4.79 Å². The van der Waals surface area contributed by atoms with Crippen LogP contribution in [0, 0.1) is 0 Å². The molecule has 20 heavy (non-hydrogen) atoms. The largest absolute Gasteiger partial charge is 0.311 e. The molecule has 0 atom stereocenters. The Balaban J connectivity index is 2.98. The Labute approximate surface area is 126 Å². The van der Waals surface area contributed by atoms with Crippen LogP contribution in [0.3, 0.4) is 0 Å². The van der Waals surface area contributed by atoms with Crippen LogP contribution in [0.2, 0.25) is 5.02 Å². The first-order valence-corrected chi connectivity index (χ1v) is 6.83. The van der Waals surface area contributed by atoms with Crippen LogP contribution in [-0.2, 0) is 4.79 Å². The number of hydrogen-bond acceptors (Lipinski definition) is 1. The maximum absolute atomic E-state index is 12.5. The van der Waals surface area contributed by atoms with Gasteiger partial charge in [0.05, 0.1) is 0 Å². The molecule has 0 aliphatic carbocycles. The standard InChI is InChI=1S/C17H20ClNO/c1-5-6-7-8-16(13(2)3)17(20)19(4)15-11-9-14(18)10-12-15/h5,7-12H,1,6H2,2-4H3. The molecule has 1 aromatic carbocycles. The summed E-state index contributed by atoms with van der Waals surface area (Å²) in [5, 5.41) is 0.655. The Morgan fingerprint density at radius 1 is 1.30 bits per heavy atom. The van der Waals surface area contributed by atoms with Crippen molar-refractivity contribution in [2.45, 2.75) is 20.3 Å². The van der Waals surface area contributed by atoms with Crippen molar-refractivity contribution in [2.24, 2.45) is 0 Å². The Kier molecular flexibility index (Phi) is 6.26. The van der Waals surface area contributed by atoms with E-state index < -0.39 is 0 Å². The second-order valence-electron chi connectivity index (χ2n) is 4.68. The molecular formula is C17H20ClNO. The summed E-state index contributed by atoms with van der Waals surface area (Å²) >= 11 is 5.86. The quantitative estimate of drug-likeness (QED) is 0.434. The molecule has 106 valence electrons. The highest BCUT2D eigenvalue weighted by Crippen LogP contribution is 2.20. The SMILES string of the molecule is C=CCC=CC(C(=O)N(C)c1ccc(Cl)cc1)=C(C)C. The number of allylic oxidation sites excluding steroid dienone is 3. The lowest BCUT2D eigenvalue weighted by Gasteiger charge is -2.19. The average molecular weight is 290 g/mol. The summed E-state index contributed by atoms with van der Waals surface area (Å²) in [6, 6.07) is 7.21. The van der Waals surface area contributed by atoms with Gasteiger partial charge >= 0.3 is 0 Å². The van der Waals surface area contributed by atoms with Gasteiger partial charge in [0.1, 0.15) is 0 Å². The zero-order chi connectivity index (χ0) is 15.1. The van der Waals surface area contributed by atoms with Crippen LogP contribution in [0.1, 0.15) is 20.3 Å². The second-order valence-corrected chi connectivity index (χ2v) is 5.12. The molecular weight excluding hydrogens is 270 g/mol. The third-order valence-corrected chi connectivity index (χ3v) is 3.13. The zero-order valence-electron chi connectivity index (χ0n) is 12.2. The minimum atomic E-state index is -0.0346. The summed E-state index contributed by atoms with van der Waals surface area (Å²) in [6.07, 6.45) is 6.33. The first kappa shape index (κ1) is 16.3. The molecule has 0 unspecified atom stereocenters. The molecule has 0 heterocycles. The summed E-state index contributed by atoms with van der Waals surface area (Å²) in [5.74, 6) is -0.0346. The molecule has 0 saturated heterocycles. The van der Waals surface area contributed by atoms with Crippen molar-refractivity contribution in [3.8, 4) is 0 Å². The topological polar surface area (TPSA) is 20.3 Å². The van der Waals surface area contributed by atoms with Crippen molar-refractivity contribution in [3.63, 3.8) is 0 Å². The maximum Gasteiger partial charge on any atom is 0.257 e. The van der Waals surface area contributed by atoms with Crippen molar-refractivity contribution in [3.05, 3.63) is 65.2 Å². The fraction of sp³-hybridized carbons (Fsp3) is 0.235. The molecule has 0 N–H and O–H groups in total. The van der Waals surface area contributed by atoms with Gasteiger partial charge in [-0.1, -0.05) is 35.4 Å². The Hall–Kier alpha value is -1.80. The van der Waals surface area contributed by atoms with Gasteiger partial charge in [0.2, 0.25) is 0 Å². The summed E-state index contributed by atoms with van der Waals surface area (Å²) in [4.78, 5) is 14.1. The van der Waals surface area contributed by atoms with Crippen molar-refractivity contribution in [1.82, 2.24) is 0 Å². The lowest BCUT2D eigenvalue weighted by Crippen LogP contribution is -2.27. The van der Waals surface area contributed by atoms with Gasteiger partial charge in [-0.2, -0.15) is 0 Å². The number of halogens is 1. The van der Waals surface area contributed by atoms with E-state index in [1.165, 1.54) is 0 Å². The molecule has 1 aromatic rings. The third kappa shape index (κ3) is 4.39. The Bertz CT molecular complexity index is 537. The number of carbonyl (C=O) groups is 1. The molecule has 1 rings (SSSR count). The average Bonchev–Trinajstić information content (AvgIpc) is 2.42. The number of rotatable bonds is 5. The van der Waals surface area contributed by atoms with E-state index in [2.05, 4.69) is 6.58 Å². The van der Waals surface area contributed by atoms with Gasteiger partial charge in [-0.3, -0.25) is 4.79 Å². The van der Waals surface area contributed by atoms with Crippen LogP contribution >= 0.6 is 11.6 Å². The number of anilines is 1. The van der Waals surface area contributed by atoms with E-state index in [0.29, 0.717) is 10.6 Å². The number of benzene rings is 1.